The standard InChI is InChI=1S/C19H23N3O5/c1-21(2)11-4-12-27-18-10-5-14(13-17(18)22(24)25)19(23)20-15-6-8-16(26-3)9-7-15/h5-10,13H,4,11-12H2,1-3H3,(H,20,23). The number of nitrogens with one attached hydrogen (secondary N) is 1. The largest absolute Gasteiger partial charge is 0.497 e. The van der Waals surface area contributed by atoms with Crippen LogP contribution in [0.3, 0.4) is 0 Å². The second-order valence-corrected chi connectivity index (χ2v) is 6.13. The number of nitrogens with zero attached hydrogens (tertiary/aromatic N) is 2. The second kappa shape index (κ2) is 9.54. The molecule has 0 heterocycles. The third-order valence-corrected chi connectivity index (χ3v) is 3.77. The first-order valence-corrected chi connectivity index (χ1v) is 8.42. The zero-order valence-electron chi connectivity index (χ0n) is 15.6. The van der Waals surface area contributed by atoms with Gasteiger partial charge in [-0.2, -0.15) is 0 Å². The van der Waals surface area contributed by atoms with Crippen LogP contribution in [0.2, 0.25) is 0 Å². The van der Waals surface area contributed by atoms with Gasteiger partial charge in [-0.1, -0.05) is 0 Å². The van der Waals surface area contributed by atoms with E-state index in [0.29, 0.717) is 18.0 Å². The fourth-order valence-electron chi connectivity index (χ4n) is 2.36. The van der Waals surface area contributed by atoms with Gasteiger partial charge in [0.25, 0.3) is 5.91 Å². The zero-order chi connectivity index (χ0) is 19.8. The minimum Gasteiger partial charge on any atom is -0.497 e. The van der Waals surface area contributed by atoms with Crippen LogP contribution in [-0.2, 0) is 0 Å². The molecule has 2 aromatic carbocycles. The highest BCUT2D eigenvalue weighted by Gasteiger charge is 2.19. The second-order valence-electron chi connectivity index (χ2n) is 6.13. The minimum absolute atomic E-state index is 0.153. The van der Waals surface area contributed by atoms with E-state index in [1.165, 1.54) is 18.2 Å². The number of carbonyl (C=O) groups is 1. The minimum atomic E-state index is -0.550. The van der Waals surface area contributed by atoms with Crippen molar-refractivity contribution in [1.29, 1.82) is 0 Å². The first kappa shape index (κ1) is 20.2. The number of amides is 1. The Bertz CT molecular complexity index is 790. The molecule has 0 bridgehead atoms. The highest BCUT2D eigenvalue weighted by molar-refractivity contribution is 6.04. The summed E-state index contributed by atoms with van der Waals surface area (Å²) in [6, 6.07) is 11.0. The molecule has 8 heteroatoms. The van der Waals surface area contributed by atoms with Crippen LogP contribution in [0.25, 0.3) is 0 Å². The summed E-state index contributed by atoms with van der Waals surface area (Å²) in [6.07, 6.45) is 0.740. The maximum atomic E-state index is 12.4. The summed E-state index contributed by atoms with van der Waals surface area (Å²) in [5.74, 6) is 0.376. The van der Waals surface area contributed by atoms with Crippen molar-refractivity contribution >= 4 is 17.3 Å². The Kier molecular flexibility index (Phi) is 7.13. The van der Waals surface area contributed by atoms with E-state index in [1.54, 1.807) is 31.4 Å². The third-order valence-electron chi connectivity index (χ3n) is 3.77. The van der Waals surface area contributed by atoms with Crippen LogP contribution < -0.4 is 14.8 Å². The fraction of sp³-hybridized carbons (Fsp3) is 0.316. The summed E-state index contributed by atoms with van der Waals surface area (Å²) in [6.45, 7) is 1.17. The van der Waals surface area contributed by atoms with Crippen molar-refractivity contribution in [2.45, 2.75) is 6.42 Å². The van der Waals surface area contributed by atoms with Gasteiger partial charge in [-0.15, -0.1) is 0 Å². The summed E-state index contributed by atoms with van der Waals surface area (Å²) in [4.78, 5) is 25.2. The molecule has 1 amide bonds. The highest BCUT2D eigenvalue weighted by Crippen LogP contribution is 2.28. The van der Waals surface area contributed by atoms with Crippen LogP contribution in [0.4, 0.5) is 11.4 Å². The number of methoxy groups -OCH3 is 1. The number of nitro benzene ring substituents is 1. The lowest BCUT2D eigenvalue weighted by atomic mass is 10.1. The molecule has 0 saturated carbocycles. The van der Waals surface area contributed by atoms with E-state index in [1.807, 2.05) is 19.0 Å². The molecule has 0 aliphatic heterocycles. The molecule has 1 N–H and O–H groups in total. The van der Waals surface area contributed by atoms with E-state index in [4.69, 9.17) is 9.47 Å². The monoisotopic (exact) mass is 373 g/mol. The predicted molar refractivity (Wildman–Crippen MR) is 103 cm³/mol. The van der Waals surface area contributed by atoms with Gasteiger partial charge >= 0.3 is 5.69 Å². The molecule has 0 aliphatic rings. The van der Waals surface area contributed by atoms with E-state index in [9.17, 15) is 14.9 Å². The molecule has 8 nitrogen and oxygen atoms in total. The van der Waals surface area contributed by atoms with Crippen molar-refractivity contribution in [1.82, 2.24) is 4.90 Å². The van der Waals surface area contributed by atoms with E-state index in [0.717, 1.165) is 13.0 Å². The number of benzene rings is 2. The number of ether oxygens (including phenoxy) is 2. The van der Waals surface area contributed by atoms with Crippen molar-refractivity contribution < 1.29 is 19.2 Å². The number of hydrogen-bond donors (Lipinski definition) is 1. The van der Waals surface area contributed by atoms with Crippen molar-refractivity contribution in [2.24, 2.45) is 0 Å². The molecular formula is C19H23N3O5. The number of anilines is 1. The smallest absolute Gasteiger partial charge is 0.311 e. The molecule has 144 valence electrons. The summed E-state index contributed by atoms with van der Waals surface area (Å²) >= 11 is 0. The van der Waals surface area contributed by atoms with Crippen LogP contribution >= 0.6 is 0 Å². The average Bonchev–Trinajstić information content (AvgIpc) is 2.65. The summed E-state index contributed by atoms with van der Waals surface area (Å²) in [5, 5.41) is 14.0. The highest BCUT2D eigenvalue weighted by atomic mass is 16.6. The van der Waals surface area contributed by atoms with Gasteiger partial charge in [0.1, 0.15) is 5.75 Å². The molecule has 0 fully saturated rings. The Morgan fingerprint density at radius 1 is 1.19 bits per heavy atom. The van der Waals surface area contributed by atoms with Gasteiger partial charge in [0.05, 0.1) is 18.6 Å². The Balaban J connectivity index is 2.08. The van der Waals surface area contributed by atoms with Gasteiger partial charge in [0.15, 0.2) is 5.75 Å². The Hall–Kier alpha value is -3.13. The number of hydrogen-bond acceptors (Lipinski definition) is 6. The molecule has 0 unspecified atom stereocenters. The molecule has 2 rings (SSSR count). The Morgan fingerprint density at radius 3 is 2.48 bits per heavy atom. The first-order valence-electron chi connectivity index (χ1n) is 8.42. The van der Waals surface area contributed by atoms with Gasteiger partial charge in [-0.25, -0.2) is 0 Å². The summed E-state index contributed by atoms with van der Waals surface area (Å²) in [7, 11) is 5.44. The van der Waals surface area contributed by atoms with Crippen LogP contribution in [-0.4, -0.2) is 50.1 Å². The van der Waals surface area contributed by atoms with Gasteiger partial charge < -0.3 is 19.7 Å². The fourth-order valence-corrected chi connectivity index (χ4v) is 2.36. The normalized spacial score (nSPS) is 10.5. The molecule has 0 radical (unpaired) electrons. The molecule has 0 atom stereocenters. The molecule has 0 aliphatic carbocycles. The Morgan fingerprint density at radius 2 is 1.89 bits per heavy atom. The maximum absolute atomic E-state index is 12.4. The van der Waals surface area contributed by atoms with Crippen LogP contribution in [0.5, 0.6) is 11.5 Å². The SMILES string of the molecule is COc1ccc(NC(=O)c2ccc(OCCCN(C)C)c([N+](=O)[O-])c2)cc1. The van der Waals surface area contributed by atoms with Gasteiger partial charge in [-0.3, -0.25) is 14.9 Å². The number of rotatable bonds is 9. The lowest BCUT2D eigenvalue weighted by molar-refractivity contribution is -0.385. The van der Waals surface area contributed by atoms with E-state index >= 15 is 0 Å². The van der Waals surface area contributed by atoms with Crippen molar-refractivity contribution in [2.75, 3.05) is 39.7 Å². The van der Waals surface area contributed by atoms with Crippen molar-refractivity contribution in [3.8, 4) is 11.5 Å². The summed E-state index contributed by atoms with van der Waals surface area (Å²) in [5.41, 5.74) is 0.507. The molecular weight excluding hydrogens is 350 g/mol. The zero-order valence-corrected chi connectivity index (χ0v) is 15.6. The van der Waals surface area contributed by atoms with E-state index in [2.05, 4.69) is 5.32 Å². The Labute approximate surface area is 157 Å². The van der Waals surface area contributed by atoms with E-state index in [-0.39, 0.29) is 17.0 Å². The van der Waals surface area contributed by atoms with E-state index < -0.39 is 10.8 Å². The van der Waals surface area contributed by atoms with Crippen LogP contribution in [0.15, 0.2) is 42.5 Å². The van der Waals surface area contributed by atoms with Crippen molar-refractivity contribution in [3.63, 3.8) is 0 Å². The maximum Gasteiger partial charge on any atom is 0.311 e. The lowest BCUT2D eigenvalue weighted by Gasteiger charge is -2.11. The van der Waals surface area contributed by atoms with Gasteiger partial charge in [0, 0.05) is 23.9 Å². The van der Waals surface area contributed by atoms with Crippen molar-refractivity contribution in [3.05, 3.63) is 58.1 Å². The lowest BCUT2D eigenvalue weighted by Crippen LogP contribution is -2.16. The molecule has 0 aromatic heterocycles. The molecule has 2 aromatic rings. The number of carbonyl (C=O) groups excluding carboxylic acids is 1. The molecule has 0 saturated heterocycles. The third kappa shape index (κ3) is 5.96. The van der Waals surface area contributed by atoms with Crippen LogP contribution in [0, 0.1) is 10.1 Å². The molecule has 27 heavy (non-hydrogen) atoms. The topological polar surface area (TPSA) is 93.9 Å². The average molecular weight is 373 g/mol. The van der Waals surface area contributed by atoms with Gasteiger partial charge in [-0.05, 0) is 56.9 Å². The van der Waals surface area contributed by atoms with Crippen LogP contribution in [0.1, 0.15) is 16.8 Å². The first-order chi connectivity index (χ1) is 12.9. The molecule has 0 spiro atoms. The van der Waals surface area contributed by atoms with Gasteiger partial charge in [0.2, 0.25) is 0 Å². The number of nitro groups is 1. The summed E-state index contributed by atoms with van der Waals surface area (Å²) < 4.78 is 10.6. The predicted octanol–water partition coefficient (Wildman–Crippen LogP) is 3.19. The quantitative estimate of drug-likeness (QED) is 0.412.